The predicted octanol–water partition coefficient (Wildman–Crippen LogP) is 2.06. The van der Waals surface area contributed by atoms with E-state index in [2.05, 4.69) is 39.3 Å². The summed E-state index contributed by atoms with van der Waals surface area (Å²) in [6, 6.07) is 0. The zero-order valence-electron chi connectivity index (χ0n) is 8.82. The van der Waals surface area contributed by atoms with Crippen LogP contribution in [0.25, 0.3) is 0 Å². The van der Waals surface area contributed by atoms with Crippen molar-refractivity contribution in [3.63, 3.8) is 0 Å². The number of carbonyl (C=O) groups is 1. The Morgan fingerprint density at radius 3 is 2.00 bits per heavy atom. The first-order chi connectivity index (χ1) is 5.17. The molecule has 1 N–H and O–H groups in total. The molecule has 0 aliphatic rings. The fraction of sp³-hybridized carbons (Fsp3) is 0.875. The Balaban J connectivity index is 4.14. The van der Waals surface area contributed by atoms with Crippen LogP contribution in [0.2, 0.25) is 18.1 Å². The molecule has 0 aliphatic heterocycles. The van der Waals surface area contributed by atoms with Crippen LogP contribution in [0, 0.1) is 0 Å². The molecular weight excluding hydrogens is 170 g/mol. The van der Waals surface area contributed by atoms with Gasteiger partial charge in [0.05, 0.1) is 0 Å². The summed E-state index contributed by atoms with van der Waals surface area (Å²) >= 11 is 0. The number of hydrogen-bond acceptors (Lipinski definition) is 2. The second kappa shape index (κ2) is 3.58. The van der Waals surface area contributed by atoms with Crippen LogP contribution in [0.3, 0.4) is 0 Å². The third-order valence-electron chi connectivity index (χ3n) is 2.26. The summed E-state index contributed by atoms with van der Waals surface area (Å²) in [5.74, 6) is -0.139. The van der Waals surface area contributed by atoms with Gasteiger partial charge in [-0.25, -0.2) is 5.48 Å². The maximum atomic E-state index is 10.6. The average Bonchev–Trinajstić information content (AvgIpc) is 1.81. The van der Waals surface area contributed by atoms with E-state index in [4.69, 9.17) is 4.53 Å². The molecule has 0 rings (SSSR count). The Labute approximate surface area is 75.6 Å². The second-order valence-corrected chi connectivity index (χ2v) is 9.25. The summed E-state index contributed by atoms with van der Waals surface area (Å²) in [7, 11) is -1.80. The molecule has 0 unspecified atom stereocenters. The van der Waals surface area contributed by atoms with Crippen LogP contribution in [0.15, 0.2) is 0 Å². The number of hydroxylamine groups is 1. The van der Waals surface area contributed by atoms with Crippen LogP contribution < -0.4 is 5.48 Å². The molecule has 3 nitrogen and oxygen atoms in total. The molecule has 0 bridgehead atoms. The van der Waals surface area contributed by atoms with Crippen molar-refractivity contribution in [2.45, 2.75) is 45.8 Å². The highest BCUT2D eigenvalue weighted by Crippen LogP contribution is 2.35. The highest BCUT2D eigenvalue weighted by Gasteiger charge is 2.38. The maximum Gasteiger partial charge on any atom is 0.239 e. The van der Waals surface area contributed by atoms with Crippen molar-refractivity contribution in [2.24, 2.45) is 0 Å². The van der Waals surface area contributed by atoms with Gasteiger partial charge in [-0.05, 0) is 18.1 Å². The summed E-state index contributed by atoms with van der Waals surface area (Å²) in [6.07, 6.45) is 0. The Kier molecular flexibility index (Phi) is 3.47. The smallest absolute Gasteiger partial charge is 0.239 e. The first-order valence-corrected chi connectivity index (χ1v) is 7.02. The van der Waals surface area contributed by atoms with Crippen molar-refractivity contribution in [2.75, 3.05) is 0 Å². The van der Waals surface area contributed by atoms with E-state index < -0.39 is 8.32 Å². The van der Waals surface area contributed by atoms with E-state index in [9.17, 15) is 4.79 Å². The summed E-state index contributed by atoms with van der Waals surface area (Å²) in [5.41, 5.74) is 2.42. The van der Waals surface area contributed by atoms with E-state index in [-0.39, 0.29) is 10.9 Å². The first-order valence-electron chi connectivity index (χ1n) is 4.11. The molecule has 0 atom stereocenters. The van der Waals surface area contributed by atoms with Crippen LogP contribution in [-0.4, -0.2) is 14.2 Å². The van der Waals surface area contributed by atoms with E-state index in [1.165, 1.54) is 6.92 Å². The lowest BCUT2D eigenvalue weighted by Crippen LogP contribution is -2.46. The van der Waals surface area contributed by atoms with Crippen molar-refractivity contribution in [1.82, 2.24) is 5.48 Å². The van der Waals surface area contributed by atoms with Gasteiger partial charge in [0.25, 0.3) is 0 Å². The minimum Gasteiger partial charge on any atom is -0.320 e. The van der Waals surface area contributed by atoms with Gasteiger partial charge < -0.3 is 4.53 Å². The summed E-state index contributed by atoms with van der Waals surface area (Å²) in [6.45, 7) is 12.0. The monoisotopic (exact) mass is 189 g/mol. The third kappa shape index (κ3) is 3.36. The highest BCUT2D eigenvalue weighted by molar-refractivity contribution is 6.74. The molecule has 0 aromatic carbocycles. The molecule has 0 aromatic heterocycles. The molecule has 0 aromatic rings. The van der Waals surface area contributed by atoms with Gasteiger partial charge in [-0.15, -0.1) is 0 Å². The summed E-state index contributed by atoms with van der Waals surface area (Å²) in [5, 5.41) is 0.134. The topological polar surface area (TPSA) is 38.3 Å². The Hall–Kier alpha value is -0.353. The molecule has 0 aliphatic carbocycles. The molecule has 0 saturated heterocycles. The largest absolute Gasteiger partial charge is 0.320 e. The molecule has 4 heteroatoms. The summed E-state index contributed by atoms with van der Waals surface area (Å²) in [4.78, 5) is 10.6. The zero-order valence-corrected chi connectivity index (χ0v) is 9.82. The van der Waals surface area contributed by atoms with E-state index in [0.717, 1.165) is 0 Å². The van der Waals surface area contributed by atoms with Crippen LogP contribution in [-0.2, 0) is 9.32 Å². The molecule has 0 fully saturated rings. The van der Waals surface area contributed by atoms with Crippen LogP contribution >= 0.6 is 0 Å². The fourth-order valence-corrected chi connectivity index (χ4v) is 1.06. The van der Waals surface area contributed by atoms with E-state index in [0.29, 0.717) is 0 Å². The van der Waals surface area contributed by atoms with Gasteiger partial charge >= 0.3 is 0 Å². The molecule has 12 heavy (non-hydrogen) atoms. The third-order valence-corrected chi connectivity index (χ3v) is 6.48. The Morgan fingerprint density at radius 1 is 1.33 bits per heavy atom. The Morgan fingerprint density at radius 2 is 1.75 bits per heavy atom. The van der Waals surface area contributed by atoms with Crippen LogP contribution in [0.5, 0.6) is 0 Å². The maximum absolute atomic E-state index is 10.6. The lowest BCUT2D eigenvalue weighted by atomic mass is 10.2. The number of nitrogens with one attached hydrogen (secondary N) is 1. The van der Waals surface area contributed by atoms with E-state index in [1.54, 1.807) is 0 Å². The van der Waals surface area contributed by atoms with Gasteiger partial charge in [-0.2, -0.15) is 0 Å². The van der Waals surface area contributed by atoms with Gasteiger partial charge in [-0.3, -0.25) is 4.79 Å². The molecule has 0 radical (unpaired) electrons. The molecule has 0 spiro atoms. The lowest BCUT2D eigenvalue weighted by molar-refractivity contribution is -0.126. The zero-order chi connectivity index (χ0) is 9.99. The first kappa shape index (κ1) is 11.6. The van der Waals surface area contributed by atoms with Gasteiger partial charge in [0.2, 0.25) is 14.2 Å². The van der Waals surface area contributed by atoms with Crippen molar-refractivity contribution in [3.05, 3.63) is 0 Å². The summed E-state index contributed by atoms with van der Waals surface area (Å²) < 4.78 is 5.39. The number of amides is 1. The van der Waals surface area contributed by atoms with E-state index >= 15 is 0 Å². The van der Waals surface area contributed by atoms with E-state index in [1.807, 2.05) is 0 Å². The minimum atomic E-state index is -1.80. The van der Waals surface area contributed by atoms with Gasteiger partial charge in [0, 0.05) is 6.92 Å². The molecule has 1 amide bonds. The minimum absolute atomic E-state index is 0.134. The quantitative estimate of drug-likeness (QED) is 0.533. The number of rotatable bonds is 2. The van der Waals surface area contributed by atoms with Crippen molar-refractivity contribution in [1.29, 1.82) is 0 Å². The average molecular weight is 189 g/mol. The standard InChI is InChI=1S/C8H19NO2Si/c1-7(10)9-11-12(5,6)8(2,3)4/h1-6H3,(H,9,10). The normalized spacial score (nSPS) is 12.8. The predicted molar refractivity (Wildman–Crippen MR) is 52.1 cm³/mol. The SMILES string of the molecule is CC(=O)NO[Si](C)(C)C(C)(C)C. The fourth-order valence-electron chi connectivity index (χ4n) is 0.353. The van der Waals surface area contributed by atoms with Gasteiger partial charge in [-0.1, -0.05) is 20.8 Å². The molecule has 72 valence electrons. The molecular formula is C8H19NO2Si. The van der Waals surface area contributed by atoms with Crippen molar-refractivity contribution < 1.29 is 9.32 Å². The van der Waals surface area contributed by atoms with Gasteiger partial charge in [0.1, 0.15) is 0 Å². The molecule has 0 saturated carbocycles. The number of hydrogen-bond donors (Lipinski definition) is 1. The van der Waals surface area contributed by atoms with Crippen molar-refractivity contribution >= 4 is 14.2 Å². The second-order valence-electron chi connectivity index (χ2n) is 4.52. The Bertz CT molecular complexity index is 172. The highest BCUT2D eigenvalue weighted by atomic mass is 28.4. The lowest BCUT2D eigenvalue weighted by Gasteiger charge is -2.34. The van der Waals surface area contributed by atoms with Gasteiger partial charge in [0.15, 0.2) is 0 Å². The number of carbonyl (C=O) groups excluding carboxylic acids is 1. The van der Waals surface area contributed by atoms with Crippen molar-refractivity contribution in [3.8, 4) is 0 Å². The van der Waals surface area contributed by atoms with Crippen LogP contribution in [0.4, 0.5) is 0 Å². The molecule has 0 heterocycles. The van der Waals surface area contributed by atoms with Crippen LogP contribution in [0.1, 0.15) is 27.7 Å².